The highest BCUT2D eigenvalue weighted by atomic mass is 32.2. The van der Waals surface area contributed by atoms with Crippen LogP contribution in [0.3, 0.4) is 0 Å². The minimum atomic E-state index is -3.82. The highest BCUT2D eigenvalue weighted by molar-refractivity contribution is 7.98. The van der Waals surface area contributed by atoms with Crippen molar-refractivity contribution >= 4 is 33.6 Å². The van der Waals surface area contributed by atoms with Crippen LogP contribution in [0.1, 0.15) is 27.9 Å². The van der Waals surface area contributed by atoms with Crippen LogP contribution < -0.4 is 15.8 Å². The van der Waals surface area contributed by atoms with Crippen molar-refractivity contribution in [3.8, 4) is 0 Å². The predicted molar refractivity (Wildman–Crippen MR) is 120 cm³/mol. The number of nitrogens with two attached hydrogens (primary N) is 1. The maximum Gasteiger partial charge on any atom is 0.248 e. The van der Waals surface area contributed by atoms with E-state index in [9.17, 15) is 18.0 Å². The number of sulfonamides is 1. The van der Waals surface area contributed by atoms with E-state index in [1.165, 1.54) is 23.9 Å². The van der Waals surface area contributed by atoms with E-state index in [1.807, 2.05) is 19.2 Å². The molecule has 2 aromatic carbocycles. The van der Waals surface area contributed by atoms with Crippen LogP contribution in [0.2, 0.25) is 0 Å². The Labute approximate surface area is 181 Å². The Balaban J connectivity index is 2.01. The molecule has 0 fully saturated rings. The second-order valence-corrected chi connectivity index (χ2v) is 9.57. The Kier molecular flexibility index (Phi) is 8.88. The van der Waals surface area contributed by atoms with Crippen LogP contribution in [0.5, 0.6) is 0 Å². The number of primary amides is 1. The van der Waals surface area contributed by atoms with Crippen LogP contribution in [-0.4, -0.2) is 44.8 Å². The zero-order valence-electron chi connectivity index (χ0n) is 17.1. The third-order valence-electron chi connectivity index (χ3n) is 4.48. The number of hydrogen-bond donors (Lipinski definition) is 3. The van der Waals surface area contributed by atoms with Gasteiger partial charge in [-0.2, -0.15) is 16.5 Å². The van der Waals surface area contributed by atoms with Gasteiger partial charge in [0.1, 0.15) is 6.04 Å². The highest BCUT2D eigenvalue weighted by Gasteiger charge is 2.25. The second kappa shape index (κ2) is 11.1. The molecule has 0 aliphatic heterocycles. The number of carbonyl (C=O) groups is 2. The molecule has 0 heterocycles. The fourth-order valence-electron chi connectivity index (χ4n) is 2.79. The summed E-state index contributed by atoms with van der Waals surface area (Å²) < 4.78 is 27.9. The Hall–Kier alpha value is -2.36. The number of carbonyl (C=O) groups excluding carboxylic acids is 2. The fraction of sp³-hybridized carbons (Fsp3) is 0.333. The molecule has 0 bridgehead atoms. The van der Waals surface area contributed by atoms with Crippen molar-refractivity contribution in [2.24, 2.45) is 5.73 Å². The largest absolute Gasteiger partial charge is 0.366 e. The molecule has 2 rings (SSSR count). The summed E-state index contributed by atoms with van der Waals surface area (Å²) in [6, 6.07) is 12.5. The van der Waals surface area contributed by atoms with Gasteiger partial charge in [-0.25, -0.2) is 8.42 Å². The van der Waals surface area contributed by atoms with Crippen molar-refractivity contribution in [3.63, 3.8) is 0 Å². The molecule has 1 unspecified atom stereocenters. The standard InChI is InChI=1S/C21H27N3O4S2/c1-15-6-8-18(9-7-15)30(27,28)24-19(11-13-29-2)21(26)23-12-10-16-4-3-5-17(14-16)20(22)25/h3-9,14,19,24H,10-13H2,1-2H3,(H2,22,25)(H,23,26). The van der Waals surface area contributed by atoms with Crippen LogP contribution in [0.25, 0.3) is 0 Å². The summed E-state index contributed by atoms with van der Waals surface area (Å²) in [5, 5.41) is 2.78. The summed E-state index contributed by atoms with van der Waals surface area (Å²) in [4.78, 5) is 24.1. The van der Waals surface area contributed by atoms with E-state index in [0.29, 0.717) is 30.7 Å². The fourth-order valence-corrected chi connectivity index (χ4v) is 4.49. The van der Waals surface area contributed by atoms with E-state index in [0.717, 1.165) is 11.1 Å². The van der Waals surface area contributed by atoms with Gasteiger partial charge >= 0.3 is 0 Å². The van der Waals surface area contributed by atoms with E-state index in [2.05, 4.69) is 10.0 Å². The summed E-state index contributed by atoms with van der Waals surface area (Å²) in [7, 11) is -3.82. The number of rotatable bonds is 11. The smallest absolute Gasteiger partial charge is 0.248 e. The summed E-state index contributed by atoms with van der Waals surface area (Å²) in [5.74, 6) is -0.260. The maximum atomic E-state index is 12.7. The van der Waals surface area contributed by atoms with E-state index < -0.39 is 22.0 Å². The molecular weight excluding hydrogens is 422 g/mol. The average molecular weight is 450 g/mol. The van der Waals surface area contributed by atoms with Crippen molar-refractivity contribution in [2.45, 2.75) is 30.7 Å². The molecule has 0 aromatic heterocycles. The van der Waals surface area contributed by atoms with Gasteiger partial charge in [-0.15, -0.1) is 0 Å². The molecule has 7 nitrogen and oxygen atoms in total. The van der Waals surface area contributed by atoms with Crippen molar-refractivity contribution in [1.29, 1.82) is 0 Å². The molecule has 0 saturated heterocycles. The maximum absolute atomic E-state index is 12.7. The SMILES string of the molecule is CSCCC(NS(=O)(=O)c1ccc(C)cc1)C(=O)NCCc1cccc(C(N)=O)c1. The normalized spacial score (nSPS) is 12.3. The lowest BCUT2D eigenvalue weighted by atomic mass is 10.1. The zero-order chi connectivity index (χ0) is 22.1. The molecular formula is C21H27N3O4S2. The van der Waals surface area contributed by atoms with Gasteiger partial charge in [-0.3, -0.25) is 9.59 Å². The number of thioether (sulfide) groups is 1. The van der Waals surface area contributed by atoms with Gasteiger partial charge in [-0.1, -0.05) is 29.8 Å². The van der Waals surface area contributed by atoms with Gasteiger partial charge in [0.25, 0.3) is 0 Å². The predicted octanol–water partition coefficient (Wildman–Crippen LogP) is 1.85. The molecule has 1 atom stereocenters. The van der Waals surface area contributed by atoms with Crippen molar-refractivity contribution in [2.75, 3.05) is 18.6 Å². The number of benzene rings is 2. The molecule has 0 radical (unpaired) electrons. The van der Waals surface area contributed by atoms with Gasteiger partial charge < -0.3 is 11.1 Å². The van der Waals surface area contributed by atoms with Crippen LogP contribution in [0, 0.1) is 6.92 Å². The Morgan fingerprint density at radius 2 is 1.83 bits per heavy atom. The van der Waals surface area contributed by atoms with E-state index in [1.54, 1.807) is 30.3 Å². The van der Waals surface area contributed by atoms with Crippen molar-refractivity contribution in [3.05, 3.63) is 65.2 Å². The van der Waals surface area contributed by atoms with Gasteiger partial charge in [0.2, 0.25) is 21.8 Å². The molecule has 0 saturated carbocycles. The molecule has 2 amide bonds. The molecule has 0 spiro atoms. The quantitative estimate of drug-likeness (QED) is 0.484. The monoisotopic (exact) mass is 449 g/mol. The summed E-state index contributed by atoms with van der Waals surface area (Å²) in [6.45, 7) is 2.18. The lowest BCUT2D eigenvalue weighted by molar-refractivity contribution is -0.122. The second-order valence-electron chi connectivity index (χ2n) is 6.87. The van der Waals surface area contributed by atoms with Gasteiger partial charge in [0.05, 0.1) is 4.90 Å². The Bertz CT molecular complexity index is 976. The summed E-state index contributed by atoms with van der Waals surface area (Å²) in [5.41, 5.74) is 7.49. The van der Waals surface area contributed by atoms with Crippen LogP contribution in [-0.2, 0) is 21.2 Å². The van der Waals surface area contributed by atoms with E-state index in [-0.39, 0.29) is 10.8 Å². The third kappa shape index (κ3) is 7.16. The summed E-state index contributed by atoms with van der Waals surface area (Å²) >= 11 is 1.54. The summed E-state index contributed by atoms with van der Waals surface area (Å²) in [6.07, 6.45) is 2.76. The molecule has 0 aliphatic rings. The first kappa shape index (κ1) is 23.9. The van der Waals surface area contributed by atoms with E-state index >= 15 is 0 Å². The molecule has 0 aliphatic carbocycles. The first-order chi connectivity index (χ1) is 14.2. The third-order valence-corrected chi connectivity index (χ3v) is 6.61. The van der Waals surface area contributed by atoms with Crippen LogP contribution in [0.15, 0.2) is 53.4 Å². The molecule has 9 heteroatoms. The van der Waals surface area contributed by atoms with Crippen LogP contribution in [0.4, 0.5) is 0 Å². The number of hydrogen-bond acceptors (Lipinski definition) is 5. The number of nitrogens with one attached hydrogen (secondary N) is 2. The zero-order valence-corrected chi connectivity index (χ0v) is 18.7. The molecule has 4 N–H and O–H groups in total. The first-order valence-electron chi connectivity index (χ1n) is 9.47. The number of aryl methyl sites for hydroxylation is 1. The molecule has 162 valence electrons. The molecule has 30 heavy (non-hydrogen) atoms. The lowest BCUT2D eigenvalue weighted by Crippen LogP contribution is -2.47. The Morgan fingerprint density at radius 3 is 2.47 bits per heavy atom. The van der Waals surface area contributed by atoms with Crippen molar-refractivity contribution < 1.29 is 18.0 Å². The van der Waals surface area contributed by atoms with E-state index in [4.69, 9.17) is 5.73 Å². The van der Waals surface area contributed by atoms with Crippen LogP contribution >= 0.6 is 11.8 Å². The molecule has 2 aromatic rings. The average Bonchev–Trinajstić information content (AvgIpc) is 2.71. The lowest BCUT2D eigenvalue weighted by Gasteiger charge is -2.18. The number of amides is 2. The Morgan fingerprint density at radius 1 is 1.13 bits per heavy atom. The highest BCUT2D eigenvalue weighted by Crippen LogP contribution is 2.12. The van der Waals surface area contributed by atoms with Gasteiger partial charge in [0.15, 0.2) is 0 Å². The minimum absolute atomic E-state index is 0.123. The van der Waals surface area contributed by atoms with Gasteiger partial charge in [0, 0.05) is 12.1 Å². The first-order valence-corrected chi connectivity index (χ1v) is 12.3. The van der Waals surface area contributed by atoms with Crippen molar-refractivity contribution in [1.82, 2.24) is 10.0 Å². The topological polar surface area (TPSA) is 118 Å². The minimum Gasteiger partial charge on any atom is -0.366 e. The van der Waals surface area contributed by atoms with Gasteiger partial charge in [-0.05, 0) is 61.6 Å².